The largest absolute Gasteiger partial charge is 0.351 e. The lowest BCUT2D eigenvalue weighted by Crippen LogP contribution is -2.28. The fourth-order valence-corrected chi connectivity index (χ4v) is 2.60. The van der Waals surface area contributed by atoms with Crippen molar-refractivity contribution in [3.8, 4) is 0 Å². The second kappa shape index (κ2) is 5.52. The summed E-state index contributed by atoms with van der Waals surface area (Å²) < 4.78 is 23.4. The van der Waals surface area contributed by atoms with Crippen molar-refractivity contribution in [2.45, 2.75) is 25.3 Å². The molecule has 0 aromatic carbocycles. The van der Waals surface area contributed by atoms with Gasteiger partial charge in [-0.2, -0.15) is 0 Å². The first-order valence-corrected chi connectivity index (χ1v) is 8.12. The van der Waals surface area contributed by atoms with Crippen molar-refractivity contribution in [1.29, 1.82) is 0 Å². The zero-order valence-electron chi connectivity index (χ0n) is 10.3. The van der Waals surface area contributed by atoms with E-state index in [1.54, 1.807) is 12.3 Å². The number of nitrogens with zero attached hydrogens (tertiary/aromatic N) is 1. The number of nitrogens with one attached hydrogen (secondary N) is 1. The van der Waals surface area contributed by atoms with Crippen molar-refractivity contribution in [2.24, 2.45) is 5.14 Å². The summed E-state index contributed by atoms with van der Waals surface area (Å²) in [6.45, 7) is 0.267. The molecule has 0 bridgehead atoms. The van der Waals surface area contributed by atoms with Gasteiger partial charge in [0.15, 0.2) is 0 Å². The van der Waals surface area contributed by atoms with Crippen molar-refractivity contribution in [3.05, 3.63) is 23.0 Å². The van der Waals surface area contributed by atoms with Crippen LogP contribution in [0.2, 0.25) is 5.02 Å². The molecule has 0 aliphatic heterocycles. The lowest BCUT2D eigenvalue weighted by molar-refractivity contribution is 0.0944. The minimum Gasteiger partial charge on any atom is -0.351 e. The first-order chi connectivity index (χ1) is 8.87. The molecule has 1 amide bonds. The minimum atomic E-state index is -3.47. The van der Waals surface area contributed by atoms with Crippen molar-refractivity contribution in [3.63, 3.8) is 0 Å². The van der Waals surface area contributed by atoms with Crippen LogP contribution < -0.4 is 10.5 Å². The van der Waals surface area contributed by atoms with Crippen molar-refractivity contribution in [2.75, 3.05) is 12.3 Å². The molecular formula is C11H16ClN3O3S. The third kappa shape index (κ3) is 4.22. The lowest BCUT2D eigenvalue weighted by atomic mass is 10.3. The Balaban J connectivity index is 1.89. The van der Waals surface area contributed by atoms with Crippen LogP contribution in [0.1, 0.15) is 35.8 Å². The van der Waals surface area contributed by atoms with Gasteiger partial charge in [-0.05, 0) is 25.3 Å². The van der Waals surface area contributed by atoms with Crippen LogP contribution >= 0.6 is 11.6 Å². The normalized spacial score (nSPS) is 15.5. The third-order valence-corrected chi connectivity index (χ3v) is 3.94. The summed E-state index contributed by atoms with van der Waals surface area (Å²) in [5.74, 6) is -0.384. The van der Waals surface area contributed by atoms with Crippen molar-refractivity contribution in [1.82, 2.24) is 9.88 Å². The summed E-state index contributed by atoms with van der Waals surface area (Å²) in [7, 11) is -3.47. The Bertz CT molecular complexity index is 578. The number of hydrogen-bond acceptors (Lipinski definition) is 3. The standard InChI is InChI=1S/C11H16ClN3O3S/c12-8-6-10(15(7-8)9-2-3-9)11(16)14-4-1-5-19(13,17)18/h6-7,9H,1-5H2,(H,14,16)(H2,13,17,18). The molecule has 0 spiro atoms. The molecule has 0 atom stereocenters. The predicted octanol–water partition coefficient (Wildman–Crippen LogP) is 0.885. The molecule has 0 unspecified atom stereocenters. The average Bonchev–Trinajstić information content (AvgIpc) is 3.06. The summed E-state index contributed by atoms with van der Waals surface area (Å²) in [4.78, 5) is 12.0. The van der Waals surface area contributed by atoms with E-state index in [0.717, 1.165) is 12.8 Å². The van der Waals surface area contributed by atoms with Gasteiger partial charge in [0.05, 0.1) is 10.8 Å². The fourth-order valence-electron chi connectivity index (χ4n) is 1.85. The van der Waals surface area contributed by atoms with Gasteiger partial charge in [-0.1, -0.05) is 11.6 Å². The van der Waals surface area contributed by atoms with Crippen LogP contribution in [0.15, 0.2) is 12.3 Å². The van der Waals surface area contributed by atoms with Crippen LogP contribution in [0.3, 0.4) is 0 Å². The van der Waals surface area contributed by atoms with Gasteiger partial charge in [-0.15, -0.1) is 0 Å². The van der Waals surface area contributed by atoms with Crippen LogP contribution in [-0.2, 0) is 10.0 Å². The van der Waals surface area contributed by atoms with Crippen molar-refractivity contribution >= 4 is 27.5 Å². The first-order valence-electron chi connectivity index (χ1n) is 6.03. The van der Waals surface area contributed by atoms with E-state index in [-0.39, 0.29) is 18.2 Å². The van der Waals surface area contributed by atoms with Crippen LogP contribution in [0, 0.1) is 0 Å². The summed E-state index contributed by atoms with van der Waals surface area (Å²) >= 11 is 5.91. The molecule has 1 fully saturated rings. The summed E-state index contributed by atoms with van der Waals surface area (Å²) in [6, 6.07) is 1.98. The third-order valence-electron chi connectivity index (χ3n) is 2.88. The summed E-state index contributed by atoms with van der Waals surface area (Å²) in [5, 5.41) is 8.08. The van der Waals surface area contributed by atoms with Gasteiger partial charge >= 0.3 is 0 Å². The molecule has 106 valence electrons. The number of sulfonamides is 1. The van der Waals surface area contributed by atoms with Gasteiger partial charge in [-0.25, -0.2) is 13.6 Å². The van der Waals surface area contributed by atoms with E-state index in [0.29, 0.717) is 23.2 Å². The maximum Gasteiger partial charge on any atom is 0.267 e. The van der Waals surface area contributed by atoms with E-state index >= 15 is 0 Å². The van der Waals surface area contributed by atoms with E-state index in [1.165, 1.54) is 0 Å². The molecule has 0 radical (unpaired) electrons. The van der Waals surface area contributed by atoms with Gasteiger partial charge in [0.1, 0.15) is 5.69 Å². The Morgan fingerprint density at radius 3 is 2.79 bits per heavy atom. The topological polar surface area (TPSA) is 94.2 Å². The number of nitrogens with two attached hydrogens (primary N) is 1. The lowest BCUT2D eigenvalue weighted by Gasteiger charge is -2.08. The Hall–Kier alpha value is -1.05. The number of amides is 1. The van der Waals surface area contributed by atoms with Gasteiger partial charge in [0.2, 0.25) is 10.0 Å². The Morgan fingerprint density at radius 2 is 2.21 bits per heavy atom. The van der Waals surface area contributed by atoms with Gasteiger partial charge < -0.3 is 9.88 Å². The Morgan fingerprint density at radius 1 is 1.53 bits per heavy atom. The number of carbonyl (C=O) groups excluding carboxylic acids is 1. The van der Waals surface area contributed by atoms with Crippen molar-refractivity contribution < 1.29 is 13.2 Å². The van der Waals surface area contributed by atoms with E-state index < -0.39 is 10.0 Å². The molecule has 1 heterocycles. The van der Waals surface area contributed by atoms with E-state index in [4.69, 9.17) is 16.7 Å². The molecule has 19 heavy (non-hydrogen) atoms. The first kappa shape index (κ1) is 14.4. The van der Waals surface area contributed by atoms with Crippen LogP contribution in [0.25, 0.3) is 0 Å². The molecular weight excluding hydrogens is 290 g/mol. The van der Waals surface area contributed by atoms with Gasteiger partial charge in [-0.3, -0.25) is 4.79 Å². The molecule has 3 N–H and O–H groups in total. The summed E-state index contributed by atoms with van der Waals surface area (Å²) in [5.41, 5.74) is 0.517. The molecule has 2 rings (SSSR count). The number of halogens is 1. The molecule has 1 aliphatic rings. The van der Waals surface area contributed by atoms with E-state index in [2.05, 4.69) is 5.32 Å². The molecule has 0 saturated heterocycles. The number of primary sulfonamides is 1. The molecule has 1 aromatic heterocycles. The molecule has 1 aromatic rings. The predicted molar refractivity (Wildman–Crippen MR) is 72.6 cm³/mol. The SMILES string of the molecule is NS(=O)(=O)CCCNC(=O)c1cc(Cl)cn1C1CC1. The van der Waals surface area contributed by atoms with E-state index in [9.17, 15) is 13.2 Å². The zero-order chi connectivity index (χ0) is 14.0. The van der Waals surface area contributed by atoms with Gasteiger partial charge in [0, 0.05) is 18.8 Å². The highest BCUT2D eigenvalue weighted by Crippen LogP contribution is 2.37. The highest BCUT2D eigenvalue weighted by atomic mass is 35.5. The number of rotatable bonds is 6. The summed E-state index contributed by atoms with van der Waals surface area (Å²) in [6.07, 6.45) is 4.15. The maximum absolute atomic E-state index is 12.0. The van der Waals surface area contributed by atoms with Crippen LogP contribution in [0.4, 0.5) is 0 Å². The number of aromatic nitrogens is 1. The monoisotopic (exact) mass is 305 g/mol. The minimum absolute atomic E-state index is 0.141. The smallest absolute Gasteiger partial charge is 0.267 e. The fraction of sp³-hybridized carbons (Fsp3) is 0.545. The molecule has 6 nitrogen and oxygen atoms in total. The second-order valence-electron chi connectivity index (χ2n) is 4.66. The number of hydrogen-bond donors (Lipinski definition) is 2. The van der Waals surface area contributed by atoms with Crippen LogP contribution in [0.5, 0.6) is 0 Å². The Kier molecular flexibility index (Phi) is 4.17. The highest BCUT2D eigenvalue weighted by Gasteiger charge is 2.27. The molecule has 1 saturated carbocycles. The number of carbonyl (C=O) groups is 1. The molecule has 8 heteroatoms. The highest BCUT2D eigenvalue weighted by molar-refractivity contribution is 7.89. The average molecular weight is 306 g/mol. The quantitative estimate of drug-likeness (QED) is 0.764. The van der Waals surface area contributed by atoms with Gasteiger partial charge in [0.25, 0.3) is 5.91 Å². The zero-order valence-corrected chi connectivity index (χ0v) is 11.9. The second-order valence-corrected chi connectivity index (χ2v) is 6.83. The van der Waals surface area contributed by atoms with Crippen LogP contribution in [-0.4, -0.2) is 31.2 Å². The molecule has 1 aliphatic carbocycles. The maximum atomic E-state index is 12.0. The van der Waals surface area contributed by atoms with E-state index in [1.807, 2.05) is 4.57 Å². The Labute approximate surface area is 117 Å².